The Morgan fingerprint density at radius 2 is 1.69 bits per heavy atom. The van der Waals surface area contributed by atoms with Crippen LogP contribution in [0, 0.1) is 0 Å². The molecule has 0 amide bonds. The molecule has 2 saturated heterocycles. The SMILES string of the molecule is OC(C(c1ccc2ccccc2c1)C1(O)CCNCC1)N1CCOCC1. The second-order valence-corrected chi connectivity index (χ2v) is 7.50. The Balaban J connectivity index is 1.72. The molecule has 5 heteroatoms. The fraction of sp³-hybridized carbons (Fsp3) is 0.524. The van der Waals surface area contributed by atoms with E-state index in [2.05, 4.69) is 35.6 Å². The molecule has 3 N–H and O–H groups in total. The van der Waals surface area contributed by atoms with Gasteiger partial charge in [0.2, 0.25) is 0 Å². The molecular formula is C21H28N2O3. The van der Waals surface area contributed by atoms with Gasteiger partial charge in [0.1, 0.15) is 6.23 Å². The molecule has 0 aliphatic carbocycles. The molecule has 2 aromatic rings. The summed E-state index contributed by atoms with van der Waals surface area (Å²) in [5, 5.41) is 28.4. The lowest BCUT2D eigenvalue weighted by Gasteiger charge is -2.45. The third-order valence-electron chi connectivity index (χ3n) is 5.90. The maximum atomic E-state index is 11.5. The van der Waals surface area contributed by atoms with Crippen molar-refractivity contribution in [2.75, 3.05) is 39.4 Å². The van der Waals surface area contributed by atoms with E-state index in [9.17, 15) is 10.2 Å². The summed E-state index contributed by atoms with van der Waals surface area (Å²) < 4.78 is 5.44. The molecule has 2 aliphatic rings. The van der Waals surface area contributed by atoms with Gasteiger partial charge in [-0.15, -0.1) is 0 Å². The van der Waals surface area contributed by atoms with Gasteiger partial charge >= 0.3 is 0 Å². The summed E-state index contributed by atoms with van der Waals surface area (Å²) in [6, 6.07) is 14.5. The fourth-order valence-corrected chi connectivity index (χ4v) is 4.38. The zero-order chi connectivity index (χ0) is 18.0. The number of nitrogens with zero attached hydrogens (tertiary/aromatic N) is 1. The van der Waals surface area contributed by atoms with Gasteiger partial charge in [0.25, 0.3) is 0 Å². The van der Waals surface area contributed by atoms with Crippen molar-refractivity contribution in [1.82, 2.24) is 10.2 Å². The van der Waals surface area contributed by atoms with Gasteiger partial charge in [-0.2, -0.15) is 0 Å². The first-order valence-corrected chi connectivity index (χ1v) is 9.59. The molecule has 2 aromatic carbocycles. The number of aliphatic hydroxyl groups excluding tert-OH is 1. The van der Waals surface area contributed by atoms with Crippen LogP contribution in [-0.2, 0) is 4.74 Å². The zero-order valence-electron chi connectivity index (χ0n) is 15.1. The standard InChI is InChI=1S/C21H28N2O3/c24-20(23-11-13-26-14-12-23)19(21(25)7-9-22-10-8-21)18-6-5-16-3-1-2-4-17(16)15-18/h1-6,15,19-20,22,24-25H,7-14H2. The van der Waals surface area contributed by atoms with E-state index in [4.69, 9.17) is 4.74 Å². The Kier molecular flexibility index (Phi) is 5.25. The van der Waals surface area contributed by atoms with Crippen molar-refractivity contribution in [3.05, 3.63) is 48.0 Å². The summed E-state index contributed by atoms with van der Waals surface area (Å²) in [5.41, 5.74) is 0.0953. The first kappa shape index (κ1) is 17.9. The van der Waals surface area contributed by atoms with Crippen LogP contribution in [0.3, 0.4) is 0 Å². The summed E-state index contributed by atoms with van der Waals surface area (Å²) in [7, 11) is 0. The molecule has 2 heterocycles. The number of morpholine rings is 1. The molecule has 0 aromatic heterocycles. The first-order valence-electron chi connectivity index (χ1n) is 9.59. The van der Waals surface area contributed by atoms with Crippen LogP contribution >= 0.6 is 0 Å². The lowest BCUT2D eigenvalue weighted by atomic mass is 9.74. The van der Waals surface area contributed by atoms with E-state index in [1.54, 1.807) is 0 Å². The topological polar surface area (TPSA) is 65.0 Å². The van der Waals surface area contributed by atoms with Crippen molar-refractivity contribution in [2.45, 2.75) is 30.6 Å². The van der Waals surface area contributed by atoms with Crippen LogP contribution in [-0.4, -0.2) is 66.3 Å². The van der Waals surface area contributed by atoms with E-state index in [1.807, 2.05) is 17.0 Å². The number of nitrogens with one attached hydrogen (secondary N) is 1. The fourth-order valence-electron chi connectivity index (χ4n) is 4.38. The number of aliphatic hydroxyl groups is 2. The summed E-state index contributed by atoms with van der Waals surface area (Å²) in [4.78, 5) is 2.05. The predicted molar refractivity (Wildman–Crippen MR) is 102 cm³/mol. The predicted octanol–water partition coefficient (Wildman–Crippen LogP) is 1.69. The van der Waals surface area contributed by atoms with Gasteiger partial charge < -0.3 is 20.3 Å². The van der Waals surface area contributed by atoms with Crippen molar-refractivity contribution < 1.29 is 14.9 Å². The van der Waals surface area contributed by atoms with Gasteiger partial charge in [-0.3, -0.25) is 4.90 Å². The van der Waals surface area contributed by atoms with Gasteiger partial charge in [-0.25, -0.2) is 0 Å². The average Bonchev–Trinajstić information content (AvgIpc) is 2.69. The smallest absolute Gasteiger partial charge is 0.117 e. The molecule has 4 rings (SSSR count). The van der Waals surface area contributed by atoms with E-state index in [1.165, 1.54) is 5.39 Å². The molecular weight excluding hydrogens is 328 g/mol. The van der Waals surface area contributed by atoms with Crippen molar-refractivity contribution in [1.29, 1.82) is 0 Å². The largest absolute Gasteiger partial charge is 0.389 e. The van der Waals surface area contributed by atoms with Gasteiger partial charge in [-0.05, 0) is 42.3 Å². The van der Waals surface area contributed by atoms with Crippen molar-refractivity contribution >= 4 is 10.8 Å². The van der Waals surface area contributed by atoms with Gasteiger partial charge in [0, 0.05) is 13.1 Å². The van der Waals surface area contributed by atoms with Gasteiger partial charge in [-0.1, -0.05) is 42.5 Å². The zero-order valence-corrected chi connectivity index (χ0v) is 15.1. The van der Waals surface area contributed by atoms with Crippen LogP contribution in [0.15, 0.2) is 42.5 Å². The lowest BCUT2D eigenvalue weighted by molar-refractivity contribution is -0.125. The normalized spacial score (nSPS) is 23.6. The molecule has 2 unspecified atom stereocenters. The number of ether oxygens (including phenoxy) is 1. The highest BCUT2D eigenvalue weighted by Crippen LogP contribution is 2.40. The molecule has 0 spiro atoms. The van der Waals surface area contributed by atoms with Crippen LogP contribution in [0.4, 0.5) is 0 Å². The van der Waals surface area contributed by atoms with Crippen molar-refractivity contribution in [2.24, 2.45) is 0 Å². The monoisotopic (exact) mass is 356 g/mol. The summed E-state index contributed by atoms with van der Waals surface area (Å²) >= 11 is 0. The molecule has 2 fully saturated rings. The summed E-state index contributed by atoms with van der Waals surface area (Å²) in [5.74, 6) is -0.340. The van der Waals surface area contributed by atoms with E-state index in [0.29, 0.717) is 39.1 Å². The Hall–Kier alpha value is -1.50. The molecule has 2 aliphatic heterocycles. The molecule has 0 radical (unpaired) electrons. The Labute approximate surface area is 154 Å². The van der Waals surface area contributed by atoms with Crippen LogP contribution < -0.4 is 5.32 Å². The Morgan fingerprint density at radius 1 is 1.00 bits per heavy atom. The van der Waals surface area contributed by atoms with E-state index >= 15 is 0 Å². The maximum Gasteiger partial charge on any atom is 0.117 e. The minimum Gasteiger partial charge on any atom is -0.389 e. The van der Waals surface area contributed by atoms with Crippen LogP contribution in [0.5, 0.6) is 0 Å². The van der Waals surface area contributed by atoms with Gasteiger partial charge in [0.15, 0.2) is 0 Å². The molecule has 26 heavy (non-hydrogen) atoms. The minimum atomic E-state index is -0.911. The average molecular weight is 356 g/mol. The highest BCUT2D eigenvalue weighted by atomic mass is 16.5. The molecule has 0 saturated carbocycles. The Bertz CT molecular complexity index is 739. The second kappa shape index (κ2) is 7.62. The van der Waals surface area contributed by atoms with E-state index in [-0.39, 0.29) is 5.92 Å². The summed E-state index contributed by atoms with van der Waals surface area (Å²) in [6.07, 6.45) is 0.570. The van der Waals surface area contributed by atoms with Crippen molar-refractivity contribution in [3.8, 4) is 0 Å². The number of piperidine rings is 1. The second-order valence-electron chi connectivity index (χ2n) is 7.50. The number of benzene rings is 2. The minimum absolute atomic E-state index is 0.340. The number of fused-ring (bicyclic) bond motifs is 1. The quantitative estimate of drug-likeness (QED) is 0.778. The first-order chi connectivity index (χ1) is 12.7. The van der Waals surface area contributed by atoms with Crippen LogP contribution in [0.25, 0.3) is 10.8 Å². The van der Waals surface area contributed by atoms with Crippen LogP contribution in [0.2, 0.25) is 0 Å². The number of hydrogen-bond donors (Lipinski definition) is 3. The highest BCUT2D eigenvalue weighted by Gasteiger charge is 2.44. The van der Waals surface area contributed by atoms with Crippen LogP contribution in [0.1, 0.15) is 24.3 Å². The summed E-state index contributed by atoms with van der Waals surface area (Å²) in [6.45, 7) is 4.19. The lowest BCUT2D eigenvalue weighted by Crippen LogP contribution is -2.55. The molecule has 5 nitrogen and oxygen atoms in total. The van der Waals surface area contributed by atoms with Crippen molar-refractivity contribution in [3.63, 3.8) is 0 Å². The third-order valence-corrected chi connectivity index (χ3v) is 5.90. The number of rotatable bonds is 4. The van der Waals surface area contributed by atoms with Gasteiger partial charge in [0.05, 0.1) is 24.7 Å². The molecule has 2 atom stereocenters. The molecule has 140 valence electrons. The Morgan fingerprint density at radius 3 is 2.42 bits per heavy atom. The number of hydrogen-bond acceptors (Lipinski definition) is 5. The van der Waals surface area contributed by atoms with E-state index < -0.39 is 11.8 Å². The molecule has 0 bridgehead atoms. The van der Waals surface area contributed by atoms with E-state index in [0.717, 1.165) is 24.0 Å². The third kappa shape index (κ3) is 3.50. The highest BCUT2D eigenvalue weighted by molar-refractivity contribution is 5.83. The maximum absolute atomic E-state index is 11.5.